The van der Waals surface area contributed by atoms with E-state index in [9.17, 15) is 9.18 Å². The number of halogens is 1. The van der Waals surface area contributed by atoms with Crippen molar-refractivity contribution >= 4 is 23.6 Å². The van der Waals surface area contributed by atoms with Crippen molar-refractivity contribution in [1.29, 1.82) is 0 Å². The summed E-state index contributed by atoms with van der Waals surface area (Å²) in [5.74, 6) is 0.641. The van der Waals surface area contributed by atoms with Gasteiger partial charge in [-0.25, -0.2) is 4.39 Å². The van der Waals surface area contributed by atoms with Gasteiger partial charge in [-0.3, -0.25) is 9.36 Å². The third-order valence-corrected chi connectivity index (χ3v) is 6.49. The molecular weight excluding hydrogens is 429 g/mol. The predicted molar refractivity (Wildman–Crippen MR) is 123 cm³/mol. The molecule has 3 aromatic rings. The molecule has 1 aliphatic rings. The van der Waals surface area contributed by atoms with Crippen LogP contribution in [-0.2, 0) is 9.53 Å². The van der Waals surface area contributed by atoms with Gasteiger partial charge in [-0.1, -0.05) is 42.1 Å². The number of hydrogen-bond acceptors (Lipinski definition) is 6. The van der Waals surface area contributed by atoms with E-state index in [1.54, 1.807) is 24.1 Å². The molecule has 7 nitrogen and oxygen atoms in total. The summed E-state index contributed by atoms with van der Waals surface area (Å²) in [5, 5.41) is 9.49. The molecule has 1 atom stereocenters. The lowest BCUT2D eigenvalue weighted by atomic mass is 10.1. The Labute approximate surface area is 191 Å². The van der Waals surface area contributed by atoms with Crippen LogP contribution in [-0.4, -0.2) is 64.7 Å². The summed E-state index contributed by atoms with van der Waals surface area (Å²) < 4.78 is 20.7. The Morgan fingerprint density at radius 3 is 2.50 bits per heavy atom. The predicted octanol–water partition coefficient (Wildman–Crippen LogP) is 3.55. The van der Waals surface area contributed by atoms with Gasteiger partial charge in [0.2, 0.25) is 11.9 Å². The second-order valence-electron chi connectivity index (χ2n) is 7.57. The van der Waals surface area contributed by atoms with E-state index in [2.05, 4.69) is 15.1 Å². The molecular formula is C23H26FN5O2S. The number of morpholine rings is 1. The monoisotopic (exact) mass is 455 g/mol. The highest BCUT2D eigenvalue weighted by Gasteiger charge is 2.23. The minimum atomic E-state index is -0.290. The molecule has 0 N–H and O–H groups in total. The Balaban J connectivity index is 1.50. The lowest BCUT2D eigenvalue weighted by Gasteiger charge is -2.28. The van der Waals surface area contributed by atoms with Gasteiger partial charge in [0, 0.05) is 20.1 Å². The zero-order valence-corrected chi connectivity index (χ0v) is 19.0. The topological polar surface area (TPSA) is 63.5 Å². The van der Waals surface area contributed by atoms with Crippen molar-refractivity contribution in [1.82, 2.24) is 19.7 Å². The number of thioether (sulfide) groups is 1. The molecule has 0 radical (unpaired) electrons. The summed E-state index contributed by atoms with van der Waals surface area (Å²) in [7, 11) is 1.76. The lowest BCUT2D eigenvalue weighted by molar-refractivity contribution is -0.128. The number of benzene rings is 2. The van der Waals surface area contributed by atoms with Gasteiger partial charge in [0.1, 0.15) is 5.82 Å². The number of para-hydroxylation sites is 1. The van der Waals surface area contributed by atoms with Crippen molar-refractivity contribution in [3.05, 3.63) is 66.0 Å². The SMILES string of the molecule is CC(c1ccc(F)cc1)N(C)C(=O)CSc1nnc(N2CCOCC2)n1-c1ccccc1. The highest BCUT2D eigenvalue weighted by molar-refractivity contribution is 7.99. The molecule has 0 aliphatic carbocycles. The number of ether oxygens (including phenoxy) is 1. The largest absolute Gasteiger partial charge is 0.378 e. The van der Waals surface area contributed by atoms with Crippen molar-refractivity contribution in [2.24, 2.45) is 0 Å². The van der Waals surface area contributed by atoms with E-state index >= 15 is 0 Å². The van der Waals surface area contributed by atoms with Crippen LogP contribution in [0, 0.1) is 5.82 Å². The summed E-state index contributed by atoms with van der Waals surface area (Å²) in [6, 6.07) is 16.0. The summed E-state index contributed by atoms with van der Waals surface area (Å²) in [4.78, 5) is 16.7. The fraction of sp³-hybridized carbons (Fsp3) is 0.348. The first kappa shape index (κ1) is 22.3. The fourth-order valence-electron chi connectivity index (χ4n) is 3.54. The quantitative estimate of drug-likeness (QED) is 0.508. The van der Waals surface area contributed by atoms with Crippen molar-refractivity contribution in [3.63, 3.8) is 0 Å². The molecule has 1 unspecified atom stereocenters. The van der Waals surface area contributed by atoms with E-state index < -0.39 is 0 Å². The van der Waals surface area contributed by atoms with Crippen molar-refractivity contribution in [3.8, 4) is 5.69 Å². The molecule has 1 aliphatic heterocycles. The maximum Gasteiger partial charge on any atom is 0.233 e. The highest BCUT2D eigenvalue weighted by Crippen LogP contribution is 2.28. The Hall–Kier alpha value is -2.91. The minimum absolute atomic E-state index is 0.0395. The van der Waals surface area contributed by atoms with E-state index in [1.165, 1.54) is 23.9 Å². The smallest absolute Gasteiger partial charge is 0.233 e. The molecule has 0 spiro atoms. The highest BCUT2D eigenvalue weighted by atomic mass is 32.2. The average Bonchev–Trinajstić information content (AvgIpc) is 3.27. The number of amides is 1. The number of rotatable bonds is 7. The average molecular weight is 456 g/mol. The Bertz CT molecular complexity index is 1040. The molecule has 1 amide bonds. The van der Waals surface area contributed by atoms with E-state index in [0.29, 0.717) is 18.4 Å². The Morgan fingerprint density at radius 2 is 1.81 bits per heavy atom. The van der Waals surface area contributed by atoms with Gasteiger partial charge in [0.05, 0.1) is 30.7 Å². The molecule has 1 fully saturated rings. The molecule has 1 aromatic heterocycles. The number of nitrogens with zero attached hydrogens (tertiary/aromatic N) is 5. The molecule has 168 valence electrons. The molecule has 0 bridgehead atoms. The standard InChI is InChI=1S/C23H26FN5O2S/c1-17(18-8-10-19(24)11-9-18)27(2)21(30)16-32-23-26-25-22(28-12-14-31-15-13-28)29(23)20-6-4-3-5-7-20/h3-11,17H,12-16H2,1-2H3. The first-order valence-electron chi connectivity index (χ1n) is 10.5. The maximum absolute atomic E-state index is 13.2. The minimum Gasteiger partial charge on any atom is -0.378 e. The molecule has 32 heavy (non-hydrogen) atoms. The van der Waals surface area contributed by atoms with Crippen molar-refractivity contribution < 1.29 is 13.9 Å². The Kier molecular flexibility index (Phi) is 7.06. The second-order valence-corrected chi connectivity index (χ2v) is 8.52. The van der Waals surface area contributed by atoms with Crippen LogP contribution in [0.3, 0.4) is 0 Å². The van der Waals surface area contributed by atoms with E-state index in [0.717, 1.165) is 30.3 Å². The first-order chi connectivity index (χ1) is 15.5. The maximum atomic E-state index is 13.2. The zero-order valence-electron chi connectivity index (χ0n) is 18.1. The first-order valence-corrected chi connectivity index (χ1v) is 11.5. The molecule has 9 heteroatoms. The van der Waals surface area contributed by atoms with Gasteiger partial charge >= 0.3 is 0 Å². The van der Waals surface area contributed by atoms with Gasteiger partial charge in [-0.05, 0) is 36.8 Å². The van der Waals surface area contributed by atoms with Gasteiger partial charge < -0.3 is 14.5 Å². The third kappa shape index (κ3) is 4.94. The molecule has 0 saturated carbocycles. The fourth-order valence-corrected chi connectivity index (χ4v) is 4.41. The summed E-state index contributed by atoms with van der Waals surface area (Å²) in [6.45, 7) is 4.71. The van der Waals surface area contributed by atoms with Crippen LogP contribution in [0.15, 0.2) is 59.8 Å². The number of anilines is 1. The van der Waals surface area contributed by atoms with Crippen LogP contribution < -0.4 is 4.90 Å². The van der Waals surface area contributed by atoms with Gasteiger partial charge in [-0.15, -0.1) is 10.2 Å². The van der Waals surface area contributed by atoms with Crippen molar-refractivity contribution in [2.45, 2.75) is 18.1 Å². The summed E-state index contributed by atoms with van der Waals surface area (Å²) in [6.07, 6.45) is 0. The van der Waals surface area contributed by atoms with E-state index in [-0.39, 0.29) is 23.5 Å². The van der Waals surface area contributed by atoms with Crippen molar-refractivity contribution in [2.75, 3.05) is 44.0 Å². The molecule has 1 saturated heterocycles. The second kappa shape index (κ2) is 10.1. The van der Waals surface area contributed by atoms with E-state index in [1.807, 2.05) is 41.8 Å². The van der Waals surface area contributed by atoms with Gasteiger partial charge in [0.25, 0.3) is 0 Å². The number of aromatic nitrogens is 3. The normalized spacial score (nSPS) is 14.9. The van der Waals surface area contributed by atoms with Gasteiger partial charge in [0.15, 0.2) is 5.16 Å². The summed E-state index contributed by atoms with van der Waals surface area (Å²) in [5.41, 5.74) is 1.83. The number of carbonyl (C=O) groups excluding carboxylic acids is 1. The Morgan fingerprint density at radius 1 is 1.12 bits per heavy atom. The lowest BCUT2D eigenvalue weighted by Crippen LogP contribution is -2.37. The van der Waals surface area contributed by atoms with Crippen LogP contribution in [0.4, 0.5) is 10.3 Å². The van der Waals surface area contributed by atoms with Crippen LogP contribution in [0.25, 0.3) is 5.69 Å². The molecule has 2 heterocycles. The van der Waals surface area contributed by atoms with E-state index in [4.69, 9.17) is 4.74 Å². The van der Waals surface area contributed by atoms with Gasteiger partial charge in [-0.2, -0.15) is 0 Å². The zero-order chi connectivity index (χ0) is 22.5. The number of carbonyl (C=O) groups is 1. The summed E-state index contributed by atoms with van der Waals surface area (Å²) >= 11 is 1.36. The van der Waals surface area contributed by atoms with Crippen LogP contribution in [0.5, 0.6) is 0 Å². The van der Waals surface area contributed by atoms with Crippen LogP contribution >= 0.6 is 11.8 Å². The molecule has 2 aromatic carbocycles. The number of hydrogen-bond donors (Lipinski definition) is 0. The molecule has 4 rings (SSSR count). The van der Waals surface area contributed by atoms with Crippen LogP contribution in [0.1, 0.15) is 18.5 Å². The van der Waals surface area contributed by atoms with Crippen LogP contribution in [0.2, 0.25) is 0 Å². The third-order valence-electron chi connectivity index (χ3n) is 5.58.